The number of hydrogen-bond donors (Lipinski definition) is 0. The van der Waals surface area contributed by atoms with Crippen molar-refractivity contribution in [2.45, 2.75) is 32.3 Å². The molecule has 20 heavy (non-hydrogen) atoms. The molecule has 2 heteroatoms. The van der Waals surface area contributed by atoms with E-state index in [4.69, 9.17) is 4.74 Å². The lowest BCUT2D eigenvalue weighted by Gasteiger charge is -2.13. The number of carbonyl (C=O) groups is 1. The molecule has 0 N–H and O–H groups in total. The van der Waals surface area contributed by atoms with E-state index < -0.39 is 0 Å². The smallest absolute Gasteiger partial charge is 0.306 e. The highest BCUT2D eigenvalue weighted by Gasteiger charge is 2.10. The third-order valence-corrected chi connectivity index (χ3v) is 3.16. The summed E-state index contributed by atoms with van der Waals surface area (Å²) in [5, 5.41) is 0. The van der Waals surface area contributed by atoms with Crippen LogP contribution in [0.3, 0.4) is 0 Å². The van der Waals surface area contributed by atoms with E-state index in [1.807, 2.05) is 67.6 Å². The zero-order chi connectivity index (χ0) is 14.2. The standard InChI is InChI=1S/C18H20O2/c1-15(14-17-10-6-3-7-11-17)20-18(19)13-12-16-8-4-2-5-9-16/h2-11,15H,12-14H2,1H3. The van der Waals surface area contributed by atoms with Crippen LogP contribution in [-0.2, 0) is 22.4 Å². The van der Waals surface area contributed by atoms with Crippen LogP contribution in [-0.4, -0.2) is 12.1 Å². The Balaban J connectivity index is 1.74. The van der Waals surface area contributed by atoms with Crippen molar-refractivity contribution in [2.75, 3.05) is 0 Å². The molecule has 0 aliphatic rings. The molecular formula is C18H20O2. The number of aryl methyl sites for hydroxylation is 1. The summed E-state index contributed by atoms with van der Waals surface area (Å²) in [5.74, 6) is -0.128. The van der Waals surface area contributed by atoms with E-state index in [0.717, 1.165) is 12.8 Å². The summed E-state index contributed by atoms with van der Waals surface area (Å²) >= 11 is 0. The van der Waals surface area contributed by atoms with Crippen molar-refractivity contribution in [1.82, 2.24) is 0 Å². The topological polar surface area (TPSA) is 26.3 Å². The average Bonchev–Trinajstić information content (AvgIpc) is 2.47. The largest absolute Gasteiger partial charge is 0.462 e. The molecule has 0 heterocycles. The van der Waals surface area contributed by atoms with Gasteiger partial charge in [0.25, 0.3) is 0 Å². The zero-order valence-electron chi connectivity index (χ0n) is 11.8. The maximum atomic E-state index is 11.8. The van der Waals surface area contributed by atoms with Gasteiger partial charge in [-0.05, 0) is 24.5 Å². The van der Waals surface area contributed by atoms with Crippen LogP contribution in [0, 0.1) is 0 Å². The van der Waals surface area contributed by atoms with E-state index in [1.54, 1.807) is 0 Å². The molecule has 2 nitrogen and oxygen atoms in total. The molecule has 0 amide bonds. The Hall–Kier alpha value is -2.09. The van der Waals surface area contributed by atoms with Crippen molar-refractivity contribution < 1.29 is 9.53 Å². The van der Waals surface area contributed by atoms with Crippen LogP contribution in [0.15, 0.2) is 60.7 Å². The summed E-state index contributed by atoms with van der Waals surface area (Å²) in [4.78, 5) is 11.8. The Bertz CT molecular complexity index is 520. The van der Waals surface area contributed by atoms with Gasteiger partial charge in [-0.3, -0.25) is 4.79 Å². The molecule has 0 aliphatic heterocycles. The minimum absolute atomic E-state index is 0.0827. The van der Waals surface area contributed by atoms with E-state index in [1.165, 1.54) is 11.1 Å². The number of esters is 1. The van der Waals surface area contributed by atoms with Gasteiger partial charge >= 0.3 is 5.97 Å². The van der Waals surface area contributed by atoms with Gasteiger partial charge in [0.05, 0.1) is 0 Å². The van der Waals surface area contributed by atoms with Crippen molar-refractivity contribution in [2.24, 2.45) is 0 Å². The first-order valence-electron chi connectivity index (χ1n) is 7.01. The second-order valence-electron chi connectivity index (χ2n) is 4.98. The molecule has 2 aromatic rings. The van der Waals surface area contributed by atoms with Gasteiger partial charge in [0, 0.05) is 12.8 Å². The van der Waals surface area contributed by atoms with Crippen LogP contribution in [0.1, 0.15) is 24.5 Å². The van der Waals surface area contributed by atoms with Gasteiger partial charge in [-0.25, -0.2) is 0 Å². The molecule has 0 bridgehead atoms. The second kappa shape index (κ2) is 7.49. The van der Waals surface area contributed by atoms with Gasteiger partial charge in [0.15, 0.2) is 0 Å². The quantitative estimate of drug-likeness (QED) is 0.745. The van der Waals surface area contributed by atoms with E-state index in [0.29, 0.717) is 6.42 Å². The SMILES string of the molecule is CC(Cc1ccccc1)OC(=O)CCc1ccccc1. The van der Waals surface area contributed by atoms with Gasteiger partial charge < -0.3 is 4.74 Å². The summed E-state index contributed by atoms with van der Waals surface area (Å²) in [5.41, 5.74) is 2.36. The Morgan fingerprint density at radius 1 is 0.950 bits per heavy atom. The zero-order valence-corrected chi connectivity index (χ0v) is 11.8. The minimum Gasteiger partial charge on any atom is -0.462 e. The molecular weight excluding hydrogens is 248 g/mol. The van der Waals surface area contributed by atoms with Crippen molar-refractivity contribution in [1.29, 1.82) is 0 Å². The van der Waals surface area contributed by atoms with Gasteiger partial charge in [0.1, 0.15) is 6.10 Å². The van der Waals surface area contributed by atoms with E-state index in [2.05, 4.69) is 0 Å². The Kier molecular flexibility index (Phi) is 5.36. The molecule has 0 radical (unpaired) electrons. The van der Waals surface area contributed by atoms with Crippen LogP contribution in [0.4, 0.5) is 0 Å². The molecule has 0 aliphatic carbocycles. The summed E-state index contributed by atoms with van der Waals surface area (Å²) in [6.07, 6.45) is 1.85. The average molecular weight is 268 g/mol. The lowest BCUT2D eigenvalue weighted by molar-refractivity contribution is -0.148. The van der Waals surface area contributed by atoms with Gasteiger partial charge in [0.2, 0.25) is 0 Å². The minimum atomic E-state index is -0.128. The molecule has 1 atom stereocenters. The van der Waals surface area contributed by atoms with E-state index in [-0.39, 0.29) is 12.1 Å². The third kappa shape index (κ3) is 4.88. The fourth-order valence-electron chi connectivity index (χ4n) is 2.16. The lowest BCUT2D eigenvalue weighted by Crippen LogP contribution is -2.17. The summed E-state index contributed by atoms with van der Waals surface area (Å²) in [7, 11) is 0. The van der Waals surface area contributed by atoms with Crippen molar-refractivity contribution in [3.8, 4) is 0 Å². The molecule has 2 aromatic carbocycles. The predicted molar refractivity (Wildman–Crippen MR) is 80.5 cm³/mol. The molecule has 0 saturated heterocycles. The first-order chi connectivity index (χ1) is 9.74. The first-order valence-corrected chi connectivity index (χ1v) is 7.01. The van der Waals surface area contributed by atoms with Gasteiger partial charge in [-0.15, -0.1) is 0 Å². The Morgan fingerprint density at radius 2 is 1.50 bits per heavy atom. The second-order valence-corrected chi connectivity index (χ2v) is 4.98. The van der Waals surface area contributed by atoms with Crippen molar-refractivity contribution in [3.05, 3.63) is 71.8 Å². The van der Waals surface area contributed by atoms with E-state index in [9.17, 15) is 4.79 Å². The normalized spacial score (nSPS) is 11.8. The molecule has 0 aromatic heterocycles. The number of hydrogen-bond acceptors (Lipinski definition) is 2. The maximum absolute atomic E-state index is 11.8. The first kappa shape index (κ1) is 14.3. The Labute approximate surface area is 120 Å². The summed E-state index contributed by atoms with van der Waals surface area (Å²) < 4.78 is 5.44. The van der Waals surface area contributed by atoms with Crippen LogP contribution in [0.25, 0.3) is 0 Å². The third-order valence-electron chi connectivity index (χ3n) is 3.16. The molecule has 0 saturated carbocycles. The number of rotatable bonds is 6. The molecule has 104 valence electrons. The predicted octanol–water partition coefficient (Wildman–Crippen LogP) is 3.79. The van der Waals surface area contributed by atoms with Crippen molar-refractivity contribution >= 4 is 5.97 Å². The van der Waals surface area contributed by atoms with Gasteiger partial charge in [-0.1, -0.05) is 60.7 Å². The molecule has 0 spiro atoms. The number of ether oxygens (including phenoxy) is 1. The van der Waals surface area contributed by atoms with Crippen molar-refractivity contribution in [3.63, 3.8) is 0 Å². The Morgan fingerprint density at radius 3 is 2.10 bits per heavy atom. The highest BCUT2D eigenvalue weighted by molar-refractivity contribution is 5.69. The maximum Gasteiger partial charge on any atom is 0.306 e. The molecule has 0 fully saturated rings. The van der Waals surface area contributed by atoms with Crippen LogP contribution in [0.2, 0.25) is 0 Å². The summed E-state index contributed by atoms with van der Waals surface area (Å²) in [6.45, 7) is 1.94. The lowest BCUT2D eigenvalue weighted by atomic mass is 10.1. The number of carbonyl (C=O) groups excluding carboxylic acids is 1. The molecule has 1 unspecified atom stereocenters. The monoisotopic (exact) mass is 268 g/mol. The fraction of sp³-hybridized carbons (Fsp3) is 0.278. The highest BCUT2D eigenvalue weighted by atomic mass is 16.5. The summed E-state index contributed by atoms with van der Waals surface area (Å²) in [6, 6.07) is 20.1. The van der Waals surface area contributed by atoms with E-state index >= 15 is 0 Å². The number of benzene rings is 2. The van der Waals surface area contributed by atoms with Crippen LogP contribution in [0.5, 0.6) is 0 Å². The highest BCUT2D eigenvalue weighted by Crippen LogP contribution is 2.08. The fourth-order valence-corrected chi connectivity index (χ4v) is 2.16. The van der Waals surface area contributed by atoms with Gasteiger partial charge in [-0.2, -0.15) is 0 Å². The van der Waals surface area contributed by atoms with Crippen LogP contribution >= 0.6 is 0 Å². The molecule has 2 rings (SSSR count). The van der Waals surface area contributed by atoms with Crippen LogP contribution < -0.4 is 0 Å².